The molecule has 1 saturated heterocycles. The average Bonchev–Trinajstić information content (AvgIpc) is 3.00. The number of nitrogen functional groups attached to an aromatic ring is 1. The molecule has 0 spiro atoms. The van der Waals surface area contributed by atoms with Crippen LogP contribution in [0.2, 0.25) is 0 Å². The van der Waals surface area contributed by atoms with E-state index in [9.17, 15) is 18.0 Å². The molecule has 44 heavy (non-hydrogen) atoms. The van der Waals surface area contributed by atoms with Gasteiger partial charge in [-0.25, -0.2) is 8.42 Å². The summed E-state index contributed by atoms with van der Waals surface area (Å²) in [6.45, 7) is 3.93. The number of aliphatic imine (C=N–C) groups is 1. The number of nitrogens with two attached hydrogens (primary N) is 2. The maximum Gasteiger partial charge on any atom is 0.323 e. The fourth-order valence-electron chi connectivity index (χ4n) is 5.22. The van der Waals surface area contributed by atoms with Crippen LogP contribution in [0, 0.1) is 5.41 Å². The third kappa shape index (κ3) is 8.59. The van der Waals surface area contributed by atoms with E-state index in [0.717, 1.165) is 61.9 Å². The lowest BCUT2D eigenvalue weighted by Crippen LogP contribution is -2.42. The van der Waals surface area contributed by atoms with Crippen molar-refractivity contribution in [3.05, 3.63) is 65.2 Å². The topological polar surface area (TPSA) is 181 Å². The zero-order chi connectivity index (χ0) is 31.7. The predicted molar refractivity (Wildman–Crippen MR) is 171 cm³/mol. The standard InChI is InChI=1S/C31H40N6O6S/c1-2-42-29(38)21-44(40,41)37(16-6-8-22-7-5-9-23(19-22)30(32)33)24-11-12-27(26(20-24)31(34)39)43-25-13-17-36(18-14-25)28-10-3-4-15-35-28/h5-9,11-12,19-20,25H,2-4,10,13-18,21H2,1H3,(H3,32,33)(H2,34,39)/b8-6+. The van der Waals surface area contributed by atoms with E-state index < -0.39 is 27.7 Å². The number of likely N-dealkylation sites (tertiary alicyclic amines) is 1. The highest BCUT2D eigenvalue weighted by atomic mass is 32.2. The number of carbonyl (C=O) groups is 2. The minimum absolute atomic E-state index is 0.0334. The number of sulfonamides is 1. The first-order chi connectivity index (χ1) is 21.1. The van der Waals surface area contributed by atoms with Crippen molar-refractivity contribution in [1.82, 2.24) is 4.90 Å². The Hall–Kier alpha value is -4.39. The van der Waals surface area contributed by atoms with E-state index in [1.165, 1.54) is 12.1 Å². The molecule has 0 atom stereocenters. The van der Waals surface area contributed by atoms with Crippen LogP contribution in [0.3, 0.4) is 0 Å². The van der Waals surface area contributed by atoms with Crippen LogP contribution < -0.4 is 20.5 Å². The molecule has 0 radical (unpaired) electrons. The van der Waals surface area contributed by atoms with Crippen LogP contribution >= 0.6 is 0 Å². The van der Waals surface area contributed by atoms with E-state index in [4.69, 9.17) is 26.4 Å². The number of anilines is 1. The van der Waals surface area contributed by atoms with Gasteiger partial charge in [0.25, 0.3) is 5.91 Å². The number of rotatable bonds is 12. The van der Waals surface area contributed by atoms with Gasteiger partial charge in [0.1, 0.15) is 17.7 Å². The van der Waals surface area contributed by atoms with Crippen LogP contribution in [0.5, 0.6) is 5.75 Å². The molecule has 1 amide bonds. The van der Waals surface area contributed by atoms with Crippen molar-refractivity contribution < 1.29 is 27.5 Å². The van der Waals surface area contributed by atoms with Gasteiger partial charge >= 0.3 is 5.97 Å². The van der Waals surface area contributed by atoms with E-state index in [1.807, 2.05) is 0 Å². The minimum atomic E-state index is -4.23. The molecule has 0 aromatic heterocycles. The average molecular weight is 625 g/mol. The number of amides is 1. The highest BCUT2D eigenvalue weighted by Crippen LogP contribution is 2.30. The summed E-state index contributed by atoms with van der Waals surface area (Å²) in [6.07, 6.45) is 7.90. The Labute approximate surface area is 258 Å². The molecule has 12 nitrogen and oxygen atoms in total. The second kappa shape index (κ2) is 14.9. The zero-order valence-corrected chi connectivity index (χ0v) is 25.7. The van der Waals surface area contributed by atoms with Crippen LogP contribution in [-0.2, 0) is 19.6 Å². The third-order valence-electron chi connectivity index (χ3n) is 7.44. The highest BCUT2D eigenvalue weighted by molar-refractivity contribution is 7.93. The molecule has 2 aromatic rings. The van der Waals surface area contributed by atoms with Crippen LogP contribution in [-0.4, -0.2) is 81.5 Å². The molecule has 0 aliphatic carbocycles. The number of ether oxygens (including phenoxy) is 2. The van der Waals surface area contributed by atoms with Gasteiger partial charge in [-0.2, -0.15) is 0 Å². The number of primary amides is 1. The maximum atomic E-state index is 13.4. The number of benzene rings is 2. The molecule has 236 valence electrons. The van der Waals surface area contributed by atoms with Gasteiger partial charge in [0.2, 0.25) is 10.0 Å². The van der Waals surface area contributed by atoms with E-state index >= 15 is 0 Å². The van der Waals surface area contributed by atoms with Crippen LogP contribution in [0.4, 0.5) is 5.69 Å². The summed E-state index contributed by atoms with van der Waals surface area (Å²) in [6, 6.07) is 11.3. The minimum Gasteiger partial charge on any atom is -0.489 e. The summed E-state index contributed by atoms with van der Waals surface area (Å²) >= 11 is 0. The highest BCUT2D eigenvalue weighted by Gasteiger charge is 2.29. The molecule has 0 unspecified atom stereocenters. The van der Waals surface area contributed by atoms with Crippen molar-refractivity contribution in [3.63, 3.8) is 0 Å². The molecular weight excluding hydrogens is 584 g/mol. The lowest BCUT2D eigenvalue weighted by atomic mass is 10.0. The number of nitrogens with one attached hydrogen (secondary N) is 1. The Morgan fingerprint density at radius 2 is 1.91 bits per heavy atom. The number of carbonyl (C=O) groups excluding carboxylic acids is 2. The fraction of sp³-hybridized carbons (Fsp3) is 0.419. The Morgan fingerprint density at radius 1 is 1.14 bits per heavy atom. The summed E-state index contributed by atoms with van der Waals surface area (Å²) in [5, 5.41) is 7.64. The van der Waals surface area contributed by atoms with Crippen LogP contribution in [0.15, 0.2) is 53.5 Å². The predicted octanol–water partition coefficient (Wildman–Crippen LogP) is 2.91. The lowest BCUT2D eigenvalue weighted by molar-refractivity contribution is -0.139. The number of nitrogens with zero attached hydrogens (tertiary/aromatic N) is 3. The molecule has 5 N–H and O–H groups in total. The zero-order valence-electron chi connectivity index (χ0n) is 24.9. The number of esters is 1. The Kier molecular flexibility index (Phi) is 11.0. The molecule has 2 heterocycles. The first-order valence-electron chi connectivity index (χ1n) is 14.7. The summed E-state index contributed by atoms with van der Waals surface area (Å²) in [4.78, 5) is 31.7. The molecule has 2 aliphatic heterocycles. The van der Waals surface area contributed by atoms with E-state index in [1.54, 1.807) is 49.4 Å². The number of hydrogen-bond donors (Lipinski definition) is 3. The molecule has 13 heteroatoms. The second-order valence-electron chi connectivity index (χ2n) is 10.6. The largest absolute Gasteiger partial charge is 0.489 e. The summed E-state index contributed by atoms with van der Waals surface area (Å²) < 4.78 is 39.0. The fourth-order valence-corrected chi connectivity index (χ4v) is 6.51. The summed E-state index contributed by atoms with van der Waals surface area (Å²) in [5.41, 5.74) is 12.7. The first-order valence-corrected chi connectivity index (χ1v) is 16.3. The Bertz CT molecular complexity index is 1530. The van der Waals surface area contributed by atoms with Gasteiger partial charge in [-0.3, -0.25) is 24.3 Å². The first kappa shape index (κ1) is 32.5. The van der Waals surface area contributed by atoms with Crippen molar-refractivity contribution >= 4 is 45.3 Å². The van der Waals surface area contributed by atoms with E-state index in [-0.39, 0.29) is 42.1 Å². The lowest BCUT2D eigenvalue weighted by Gasteiger charge is -2.35. The number of amidine groups is 2. The Morgan fingerprint density at radius 3 is 2.57 bits per heavy atom. The summed E-state index contributed by atoms with van der Waals surface area (Å²) in [5.74, 6) is -1.21. The van der Waals surface area contributed by atoms with Gasteiger partial charge in [0.15, 0.2) is 5.75 Å². The van der Waals surface area contributed by atoms with Crippen molar-refractivity contribution in [1.29, 1.82) is 5.41 Å². The van der Waals surface area contributed by atoms with E-state index in [0.29, 0.717) is 11.1 Å². The van der Waals surface area contributed by atoms with Crippen LogP contribution in [0.25, 0.3) is 6.08 Å². The van der Waals surface area contributed by atoms with Gasteiger partial charge in [-0.05, 0) is 49.6 Å². The molecule has 4 rings (SSSR count). The quantitative estimate of drug-likeness (QED) is 0.183. The maximum absolute atomic E-state index is 13.4. The third-order valence-corrected chi connectivity index (χ3v) is 9.07. The van der Waals surface area contributed by atoms with Gasteiger partial charge in [-0.15, -0.1) is 0 Å². The van der Waals surface area contributed by atoms with Gasteiger partial charge < -0.3 is 25.8 Å². The number of hydrogen-bond acceptors (Lipinski definition) is 9. The van der Waals surface area contributed by atoms with Gasteiger partial charge in [0, 0.05) is 44.5 Å². The van der Waals surface area contributed by atoms with Crippen molar-refractivity contribution in [2.45, 2.75) is 45.1 Å². The normalized spacial score (nSPS) is 15.9. The van der Waals surface area contributed by atoms with Crippen molar-refractivity contribution in [2.75, 3.05) is 42.8 Å². The Balaban J connectivity index is 1.56. The van der Waals surface area contributed by atoms with E-state index in [2.05, 4.69) is 9.89 Å². The monoisotopic (exact) mass is 624 g/mol. The molecule has 0 bridgehead atoms. The smallest absolute Gasteiger partial charge is 0.323 e. The van der Waals surface area contributed by atoms with Gasteiger partial charge in [-0.1, -0.05) is 30.4 Å². The second-order valence-corrected chi connectivity index (χ2v) is 12.5. The van der Waals surface area contributed by atoms with Crippen molar-refractivity contribution in [3.8, 4) is 5.75 Å². The molecule has 2 aliphatic rings. The number of piperidine rings is 1. The summed E-state index contributed by atoms with van der Waals surface area (Å²) in [7, 11) is -4.23. The molecule has 1 fully saturated rings. The van der Waals surface area contributed by atoms with Gasteiger partial charge in [0.05, 0.1) is 30.2 Å². The van der Waals surface area contributed by atoms with Crippen molar-refractivity contribution in [2.24, 2.45) is 16.5 Å². The molecular formula is C31H40N6O6S. The SMILES string of the molecule is CCOC(=O)CS(=O)(=O)N(C/C=C/c1cccc(C(=N)N)c1)c1ccc(OC2CCN(C3=NCCCC3)CC2)c(C(N)=O)c1. The molecule has 2 aromatic carbocycles. The molecule has 0 saturated carbocycles. The van der Waals surface area contributed by atoms with Crippen LogP contribution in [0.1, 0.15) is 60.5 Å².